The fourth-order valence-corrected chi connectivity index (χ4v) is 10.1. The van der Waals surface area contributed by atoms with Crippen LogP contribution >= 0.6 is 0 Å². The zero-order valence-corrected chi connectivity index (χ0v) is 42.2. The molecule has 0 radical (unpaired) electrons. The van der Waals surface area contributed by atoms with Crippen LogP contribution in [0.3, 0.4) is 0 Å². The molecule has 2 unspecified atom stereocenters. The molecule has 6 aromatic carbocycles. The van der Waals surface area contributed by atoms with Crippen molar-refractivity contribution in [1.29, 1.82) is 0 Å². The van der Waals surface area contributed by atoms with Crippen LogP contribution in [0.5, 0.6) is 0 Å². The number of likely N-dealkylation sites (N-methyl/N-ethyl adjacent to an activating group) is 2. The van der Waals surface area contributed by atoms with Crippen molar-refractivity contribution in [3.05, 3.63) is 162 Å². The summed E-state index contributed by atoms with van der Waals surface area (Å²) in [6.07, 6.45) is 3.95. The number of nitrogens with zero attached hydrogens (tertiary/aromatic N) is 9. The highest BCUT2D eigenvalue weighted by Crippen LogP contribution is 2.35. The third-order valence-electron chi connectivity index (χ3n) is 14.3. The topological polar surface area (TPSA) is 123 Å². The Bertz CT molecular complexity index is 3480. The number of nitrogens with one attached hydrogen (secondary N) is 3. The summed E-state index contributed by atoms with van der Waals surface area (Å²) >= 11 is 0. The van der Waals surface area contributed by atoms with Gasteiger partial charge in [-0.3, -0.25) is 0 Å². The van der Waals surface area contributed by atoms with E-state index in [0.717, 1.165) is 81.9 Å². The number of hydrogen-bond donors (Lipinski definition) is 3. The number of halogens is 6. The average Bonchev–Trinajstić information content (AvgIpc) is 4.15. The predicted octanol–water partition coefficient (Wildman–Crippen LogP) is 10.5. The molecule has 76 heavy (non-hydrogen) atoms. The fourth-order valence-electron chi connectivity index (χ4n) is 10.1. The Morgan fingerprint density at radius 2 is 0.750 bits per heavy atom. The molecule has 0 amide bonds. The first-order valence-electron chi connectivity index (χ1n) is 25.4. The number of anilines is 3. The van der Waals surface area contributed by atoms with Crippen LogP contribution in [-0.4, -0.2) is 108 Å². The van der Waals surface area contributed by atoms with E-state index < -0.39 is 34.9 Å². The van der Waals surface area contributed by atoms with Crippen LogP contribution in [0.25, 0.3) is 66.5 Å². The fraction of sp³-hybridized carbons (Fsp3) is 0.276. The van der Waals surface area contributed by atoms with E-state index in [1.165, 1.54) is 48.5 Å². The molecule has 9 aromatic rings. The second-order valence-electron chi connectivity index (χ2n) is 19.0. The van der Waals surface area contributed by atoms with Crippen LogP contribution in [0.1, 0.15) is 25.7 Å². The van der Waals surface area contributed by atoms with Crippen molar-refractivity contribution in [1.82, 2.24) is 45.9 Å². The van der Waals surface area contributed by atoms with Gasteiger partial charge in [-0.25, -0.2) is 56.2 Å². The van der Waals surface area contributed by atoms with Crippen LogP contribution in [0.4, 0.5) is 44.2 Å². The number of para-hydroxylation sites is 3. The van der Waals surface area contributed by atoms with Crippen molar-refractivity contribution >= 4 is 50.6 Å². The third-order valence-corrected chi connectivity index (χ3v) is 14.3. The minimum Gasteiger partial charge on any atom is -0.341 e. The number of rotatable bonds is 9. The number of piperidine rings is 1. The molecule has 3 aliphatic heterocycles. The molecule has 12 rings (SSSR count). The van der Waals surface area contributed by atoms with Crippen molar-refractivity contribution in [2.24, 2.45) is 0 Å². The Kier molecular flexibility index (Phi) is 15.6. The van der Waals surface area contributed by atoms with Gasteiger partial charge in [0.25, 0.3) is 0 Å². The number of benzene rings is 6. The summed E-state index contributed by atoms with van der Waals surface area (Å²) in [6.45, 7) is 4.85. The van der Waals surface area contributed by atoms with Gasteiger partial charge >= 0.3 is 0 Å². The molecule has 0 spiro atoms. The van der Waals surface area contributed by atoms with Crippen molar-refractivity contribution in [2.75, 3.05) is 75.1 Å². The van der Waals surface area contributed by atoms with Crippen molar-refractivity contribution in [2.45, 2.75) is 43.8 Å². The summed E-state index contributed by atoms with van der Waals surface area (Å²) < 4.78 is 85.2. The second-order valence-corrected chi connectivity index (χ2v) is 19.0. The smallest absolute Gasteiger partial charge is 0.226 e. The van der Waals surface area contributed by atoms with Crippen LogP contribution in [0.15, 0.2) is 127 Å². The molecule has 3 fully saturated rings. The first-order chi connectivity index (χ1) is 37.0. The Hall–Kier alpha value is -7.80. The predicted molar refractivity (Wildman–Crippen MR) is 288 cm³/mol. The lowest BCUT2D eigenvalue weighted by Gasteiger charge is -2.32. The molecule has 3 aromatic heterocycles. The number of aromatic nitrogens is 6. The number of hydrogen-bond acceptors (Lipinski definition) is 12. The Balaban J connectivity index is 0.000000130. The van der Waals surface area contributed by atoms with Gasteiger partial charge in [0.15, 0.2) is 0 Å². The molecule has 390 valence electrons. The maximum Gasteiger partial charge on any atom is 0.226 e. The SMILES string of the molecule is CNC1CCN(c2nc(-c3c(F)cccc3F)c3ccccc3n2)C1.CNC1CCN(c2nc(-c3c(F)cccc3F)c3ccccc3n2)CC1.CNC1CCN(c2nc(-c3ccc(F)cc3F)c3ccccc3n2)C1. The van der Waals surface area contributed by atoms with Gasteiger partial charge in [-0.05, 0) is 101 Å². The molecular weight excluding hydrogens is 979 g/mol. The van der Waals surface area contributed by atoms with Crippen LogP contribution in [0.2, 0.25) is 0 Å². The molecule has 6 heterocycles. The second kappa shape index (κ2) is 23.0. The normalized spacial score (nSPS) is 16.8. The largest absolute Gasteiger partial charge is 0.341 e. The van der Waals surface area contributed by atoms with Crippen LogP contribution < -0.4 is 30.7 Å². The Morgan fingerprint density at radius 3 is 1.16 bits per heavy atom. The van der Waals surface area contributed by atoms with Gasteiger partial charge in [0, 0.05) is 85.2 Å². The maximum absolute atomic E-state index is 14.4. The molecule has 2 atom stereocenters. The zero-order chi connectivity index (χ0) is 52.9. The van der Waals surface area contributed by atoms with E-state index in [-0.39, 0.29) is 16.7 Å². The Morgan fingerprint density at radius 1 is 0.382 bits per heavy atom. The van der Waals surface area contributed by atoms with E-state index in [1.807, 2.05) is 81.8 Å². The molecule has 12 nitrogen and oxygen atoms in total. The average molecular weight is 1040 g/mol. The zero-order valence-electron chi connectivity index (χ0n) is 42.2. The van der Waals surface area contributed by atoms with Gasteiger partial charge in [-0.2, -0.15) is 0 Å². The van der Waals surface area contributed by atoms with Gasteiger partial charge in [-0.1, -0.05) is 66.7 Å². The molecule has 3 aliphatic rings. The van der Waals surface area contributed by atoms with Crippen molar-refractivity contribution in [3.63, 3.8) is 0 Å². The molecule has 3 N–H and O–H groups in total. The Labute approximate surface area is 436 Å². The lowest BCUT2D eigenvalue weighted by atomic mass is 10.0. The lowest BCUT2D eigenvalue weighted by Crippen LogP contribution is -2.41. The maximum atomic E-state index is 14.4. The minimum atomic E-state index is -0.621. The minimum absolute atomic E-state index is 0.0996. The van der Waals surface area contributed by atoms with Gasteiger partial charge in [0.2, 0.25) is 17.8 Å². The van der Waals surface area contributed by atoms with Gasteiger partial charge in [-0.15, -0.1) is 0 Å². The first kappa shape index (κ1) is 51.7. The van der Waals surface area contributed by atoms with E-state index in [9.17, 15) is 26.3 Å². The van der Waals surface area contributed by atoms with E-state index in [1.54, 1.807) is 12.1 Å². The first-order valence-corrected chi connectivity index (χ1v) is 25.4. The van der Waals surface area contributed by atoms with Crippen molar-refractivity contribution in [3.8, 4) is 33.8 Å². The summed E-state index contributed by atoms with van der Waals surface area (Å²) in [5.41, 5.74) is 3.28. The molecule has 0 bridgehead atoms. The highest BCUT2D eigenvalue weighted by atomic mass is 19.2. The quantitative estimate of drug-likeness (QED) is 0.119. The highest BCUT2D eigenvalue weighted by molar-refractivity contribution is 5.95. The summed E-state index contributed by atoms with van der Waals surface area (Å²) in [4.78, 5) is 33.9. The molecular formula is C58H56F6N12. The summed E-state index contributed by atoms with van der Waals surface area (Å²) in [6, 6.07) is 34.7. The molecule has 3 saturated heterocycles. The van der Waals surface area contributed by atoms with Crippen LogP contribution in [-0.2, 0) is 0 Å². The summed E-state index contributed by atoms with van der Waals surface area (Å²) in [7, 11) is 5.83. The standard InChI is InChI=1S/C20H20F2N4.2C19H18F2N4/c1-23-13-9-11-26(12-10-13)20-24-17-8-3-2-5-14(17)19(25-20)18-15(21)6-4-7-16(18)22;1-22-12-9-10-25(11-12)19-23-16-8-3-2-5-13(16)18(24-19)17-14(20)6-4-7-15(17)21;1-22-13-8-9-25(11-13)19-23-17-5-3-2-4-15(17)18(24-19)14-7-6-12(20)10-16(14)21/h2-8,13,23H,9-12H2,1H3;2-8,12,22H,9-11H2,1H3;2-7,10,13,22H,8-9,11H2,1H3. The van der Waals surface area contributed by atoms with Crippen molar-refractivity contribution < 1.29 is 26.3 Å². The molecule has 0 saturated carbocycles. The van der Waals surface area contributed by atoms with E-state index in [0.29, 0.717) is 74.9 Å². The van der Waals surface area contributed by atoms with E-state index in [2.05, 4.69) is 60.6 Å². The van der Waals surface area contributed by atoms with Gasteiger partial charge < -0.3 is 30.7 Å². The highest BCUT2D eigenvalue weighted by Gasteiger charge is 2.28. The van der Waals surface area contributed by atoms with E-state index in [4.69, 9.17) is 0 Å². The van der Waals surface area contributed by atoms with E-state index >= 15 is 0 Å². The summed E-state index contributed by atoms with van der Waals surface area (Å²) in [5.74, 6) is -2.09. The van der Waals surface area contributed by atoms with Gasteiger partial charge in [0.1, 0.15) is 34.9 Å². The monoisotopic (exact) mass is 1030 g/mol. The summed E-state index contributed by atoms with van der Waals surface area (Å²) in [5, 5.41) is 11.8. The molecule has 18 heteroatoms. The van der Waals surface area contributed by atoms with Crippen LogP contribution in [0, 0.1) is 34.9 Å². The molecule has 0 aliphatic carbocycles. The lowest BCUT2D eigenvalue weighted by molar-refractivity contribution is 0.439. The number of fused-ring (bicyclic) bond motifs is 3. The van der Waals surface area contributed by atoms with Gasteiger partial charge in [0.05, 0.1) is 44.8 Å². The third kappa shape index (κ3) is 11.0.